The molecule has 0 spiro atoms. The van der Waals surface area contributed by atoms with Crippen molar-refractivity contribution in [2.45, 2.75) is 40.2 Å². The lowest BCUT2D eigenvalue weighted by Crippen LogP contribution is -3.13. The molecule has 0 aliphatic carbocycles. The third-order valence-corrected chi connectivity index (χ3v) is 5.30. The standard InChI is InChI=1S/C20H27N3O2/c1-15-6-4-5-7-18(15)14-22-10-12-23(13-11-22)20(24)9-8-19-16(2)21-25-17(19)3/h4-7H,8-14H2,1-3H3/p+1. The fourth-order valence-electron chi connectivity index (χ4n) is 3.58. The first-order chi connectivity index (χ1) is 12.0. The SMILES string of the molecule is Cc1ccccc1C[NH+]1CCN(C(=O)CCc2c(C)noc2C)CC1. The fraction of sp³-hybridized carbons (Fsp3) is 0.500. The van der Waals surface area contributed by atoms with Crippen LogP contribution in [0.25, 0.3) is 0 Å². The van der Waals surface area contributed by atoms with E-state index in [2.05, 4.69) is 36.3 Å². The topological polar surface area (TPSA) is 50.8 Å². The minimum atomic E-state index is 0.245. The lowest BCUT2D eigenvalue weighted by Gasteiger charge is -2.32. The molecule has 1 fully saturated rings. The second-order valence-corrected chi connectivity index (χ2v) is 7.04. The Morgan fingerprint density at radius 3 is 2.56 bits per heavy atom. The highest BCUT2D eigenvalue weighted by molar-refractivity contribution is 5.76. The number of hydrogen-bond acceptors (Lipinski definition) is 3. The molecule has 5 nitrogen and oxygen atoms in total. The highest BCUT2D eigenvalue weighted by atomic mass is 16.5. The molecule has 1 aromatic heterocycles. The summed E-state index contributed by atoms with van der Waals surface area (Å²) in [6, 6.07) is 8.58. The zero-order valence-electron chi connectivity index (χ0n) is 15.5. The third kappa shape index (κ3) is 4.28. The van der Waals surface area contributed by atoms with E-state index in [9.17, 15) is 4.79 Å². The first-order valence-corrected chi connectivity index (χ1v) is 9.12. The van der Waals surface area contributed by atoms with Crippen LogP contribution in [0.15, 0.2) is 28.8 Å². The van der Waals surface area contributed by atoms with Gasteiger partial charge in [0.1, 0.15) is 12.3 Å². The zero-order chi connectivity index (χ0) is 17.8. The summed E-state index contributed by atoms with van der Waals surface area (Å²) < 4.78 is 5.18. The summed E-state index contributed by atoms with van der Waals surface area (Å²) in [6.45, 7) is 10.8. The predicted octanol–water partition coefficient (Wildman–Crippen LogP) is 1.46. The quantitative estimate of drug-likeness (QED) is 0.895. The number of hydrogen-bond donors (Lipinski definition) is 1. The molecule has 25 heavy (non-hydrogen) atoms. The zero-order valence-corrected chi connectivity index (χ0v) is 15.5. The van der Waals surface area contributed by atoms with E-state index in [1.165, 1.54) is 11.1 Å². The molecule has 5 heteroatoms. The summed E-state index contributed by atoms with van der Waals surface area (Å²) >= 11 is 0. The number of rotatable bonds is 5. The number of nitrogens with zero attached hydrogens (tertiary/aromatic N) is 2. The number of aryl methyl sites for hydroxylation is 3. The Hall–Kier alpha value is -2.14. The van der Waals surface area contributed by atoms with Crippen molar-refractivity contribution < 1.29 is 14.2 Å². The van der Waals surface area contributed by atoms with Crippen LogP contribution in [-0.4, -0.2) is 42.1 Å². The molecule has 1 saturated heterocycles. The molecule has 2 heterocycles. The molecule has 1 aliphatic heterocycles. The van der Waals surface area contributed by atoms with Gasteiger partial charge in [0.15, 0.2) is 0 Å². The van der Waals surface area contributed by atoms with Gasteiger partial charge in [0.2, 0.25) is 5.91 Å². The maximum atomic E-state index is 12.5. The van der Waals surface area contributed by atoms with Crippen LogP contribution < -0.4 is 4.90 Å². The summed E-state index contributed by atoms with van der Waals surface area (Å²) in [5.74, 6) is 1.08. The number of carbonyl (C=O) groups is 1. The molecule has 1 aromatic carbocycles. The molecular weight excluding hydrogens is 314 g/mol. The van der Waals surface area contributed by atoms with Gasteiger partial charge in [0, 0.05) is 17.5 Å². The lowest BCUT2D eigenvalue weighted by molar-refractivity contribution is -0.917. The van der Waals surface area contributed by atoms with Crippen molar-refractivity contribution in [2.24, 2.45) is 0 Å². The molecular formula is C20H28N3O2+. The van der Waals surface area contributed by atoms with Crippen molar-refractivity contribution in [3.63, 3.8) is 0 Å². The van der Waals surface area contributed by atoms with E-state index in [0.717, 1.165) is 56.2 Å². The smallest absolute Gasteiger partial charge is 0.223 e. The van der Waals surface area contributed by atoms with Crippen LogP contribution in [0.1, 0.15) is 34.6 Å². The first kappa shape index (κ1) is 17.7. The number of nitrogens with one attached hydrogen (secondary N) is 1. The minimum Gasteiger partial charge on any atom is -0.361 e. The molecule has 0 saturated carbocycles. The Morgan fingerprint density at radius 2 is 1.92 bits per heavy atom. The van der Waals surface area contributed by atoms with Crippen LogP contribution in [0.5, 0.6) is 0 Å². The summed E-state index contributed by atoms with van der Waals surface area (Å²) in [5, 5.41) is 3.96. The van der Waals surface area contributed by atoms with Crippen molar-refractivity contribution in [3.8, 4) is 0 Å². The Balaban J connectivity index is 1.47. The average molecular weight is 342 g/mol. The number of quaternary nitrogens is 1. The van der Waals surface area contributed by atoms with Crippen LogP contribution in [0, 0.1) is 20.8 Å². The minimum absolute atomic E-state index is 0.245. The lowest BCUT2D eigenvalue weighted by atomic mass is 10.1. The van der Waals surface area contributed by atoms with Crippen LogP contribution in [0.3, 0.4) is 0 Å². The van der Waals surface area contributed by atoms with Gasteiger partial charge in [0.05, 0.1) is 31.9 Å². The van der Waals surface area contributed by atoms with E-state index in [0.29, 0.717) is 6.42 Å². The average Bonchev–Trinajstić information content (AvgIpc) is 2.93. The summed E-state index contributed by atoms with van der Waals surface area (Å²) in [4.78, 5) is 16.1. The highest BCUT2D eigenvalue weighted by Gasteiger charge is 2.24. The van der Waals surface area contributed by atoms with Crippen molar-refractivity contribution >= 4 is 5.91 Å². The van der Waals surface area contributed by atoms with Crippen molar-refractivity contribution in [1.29, 1.82) is 0 Å². The number of amides is 1. The summed E-state index contributed by atoms with van der Waals surface area (Å²) in [5.41, 5.74) is 4.75. The fourth-order valence-corrected chi connectivity index (χ4v) is 3.58. The molecule has 1 N–H and O–H groups in total. The number of piperazine rings is 1. The van der Waals surface area contributed by atoms with Gasteiger partial charge in [-0.25, -0.2) is 0 Å². The molecule has 0 unspecified atom stereocenters. The van der Waals surface area contributed by atoms with Gasteiger partial charge in [-0.1, -0.05) is 29.4 Å². The molecule has 3 rings (SSSR count). The Bertz CT molecular complexity index is 711. The van der Waals surface area contributed by atoms with Gasteiger partial charge in [-0.3, -0.25) is 4.79 Å². The second kappa shape index (κ2) is 7.83. The monoisotopic (exact) mass is 342 g/mol. The van der Waals surface area contributed by atoms with E-state index in [-0.39, 0.29) is 5.91 Å². The van der Waals surface area contributed by atoms with Crippen LogP contribution in [0.4, 0.5) is 0 Å². The third-order valence-electron chi connectivity index (χ3n) is 5.30. The Morgan fingerprint density at radius 1 is 1.20 bits per heavy atom. The maximum Gasteiger partial charge on any atom is 0.223 e. The van der Waals surface area contributed by atoms with Gasteiger partial charge in [0.25, 0.3) is 0 Å². The van der Waals surface area contributed by atoms with Gasteiger partial charge in [-0.15, -0.1) is 0 Å². The van der Waals surface area contributed by atoms with Crippen LogP contribution in [-0.2, 0) is 17.8 Å². The molecule has 0 radical (unpaired) electrons. The predicted molar refractivity (Wildman–Crippen MR) is 96.5 cm³/mol. The number of benzene rings is 1. The molecule has 0 atom stereocenters. The normalized spacial score (nSPS) is 15.6. The molecule has 134 valence electrons. The van der Waals surface area contributed by atoms with E-state index in [1.807, 2.05) is 18.7 Å². The Kier molecular flexibility index (Phi) is 5.53. The number of carbonyl (C=O) groups excluding carboxylic acids is 1. The summed E-state index contributed by atoms with van der Waals surface area (Å²) in [7, 11) is 0. The van der Waals surface area contributed by atoms with Crippen LogP contribution >= 0.6 is 0 Å². The van der Waals surface area contributed by atoms with Gasteiger partial charge >= 0.3 is 0 Å². The molecule has 1 aliphatic rings. The van der Waals surface area contributed by atoms with Crippen molar-refractivity contribution in [2.75, 3.05) is 26.2 Å². The van der Waals surface area contributed by atoms with Gasteiger partial charge in [-0.05, 0) is 32.8 Å². The van der Waals surface area contributed by atoms with E-state index in [1.54, 1.807) is 4.90 Å². The van der Waals surface area contributed by atoms with Crippen LogP contribution in [0.2, 0.25) is 0 Å². The van der Waals surface area contributed by atoms with Crippen molar-refractivity contribution in [3.05, 3.63) is 52.4 Å². The number of aromatic nitrogens is 1. The van der Waals surface area contributed by atoms with Crippen molar-refractivity contribution in [1.82, 2.24) is 10.1 Å². The van der Waals surface area contributed by atoms with Gasteiger partial charge in [-0.2, -0.15) is 0 Å². The highest BCUT2D eigenvalue weighted by Crippen LogP contribution is 2.15. The van der Waals surface area contributed by atoms with E-state index < -0.39 is 0 Å². The molecule has 2 aromatic rings. The molecule has 0 bridgehead atoms. The van der Waals surface area contributed by atoms with E-state index >= 15 is 0 Å². The van der Waals surface area contributed by atoms with Gasteiger partial charge < -0.3 is 14.3 Å². The second-order valence-electron chi connectivity index (χ2n) is 7.04. The summed E-state index contributed by atoms with van der Waals surface area (Å²) in [6.07, 6.45) is 1.26. The first-order valence-electron chi connectivity index (χ1n) is 9.12. The molecule has 1 amide bonds. The maximum absolute atomic E-state index is 12.5. The Labute approximate surface area is 149 Å². The largest absolute Gasteiger partial charge is 0.361 e. The van der Waals surface area contributed by atoms with E-state index in [4.69, 9.17) is 4.52 Å².